The van der Waals surface area contributed by atoms with Crippen molar-refractivity contribution >= 4 is 28.8 Å². The second kappa shape index (κ2) is 5.60. The van der Waals surface area contributed by atoms with Crippen molar-refractivity contribution in [2.45, 2.75) is 12.2 Å². The molecule has 2 unspecified atom stereocenters. The van der Waals surface area contributed by atoms with E-state index in [1.807, 2.05) is 36.4 Å². The van der Waals surface area contributed by atoms with Gasteiger partial charge in [0.2, 0.25) is 0 Å². The van der Waals surface area contributed by atoms with Gasteiger partial charge in [0.25, 0.3) is 0 Å². The Morgan fingerprint density at radius 3 is 2.41 bits per heavy atom. The number of halogens is 1. The molecule has 0 amide bonds. The Bertz CT molecular complexity index is 786. The van der Waals surface area contributed by atoms with Crippen LogP contribution in [0.3, 0.4) is 0 Å². The standard InChI is InChI=1S/C12H8O.C8H7Cl/c1-2-4-8-7(3-1)9-5-6-10-12(13-10)11(8)9;9-7-6-8-4-2-1-3-5-8/h1-6,10,12H;1-7H. The summed E-state index contributed by atoms with van der Waals surface area (Å²) in [5.41, 5.74) is 8.26. The van der Waals surface area contributed by atoms with Crippen molar-refractivity contribution in [2.24, 2.45) is 0 Å². The van der Waals surface area contributed by atoms with E-state index in [1.165, 1.54) is 27.8 Å². The molecule has 5 rings (SSSR count). The Labute approximate surface area is 135 Å². The summed E-state index contributed by atoms with van der Waals surface area (Å²) in [6.07, 6.45) is 6.98. The minimum atomic E-state index is 0.382. The van der Waals surface area contributed by atoms with Gasteiger partial charge < -0.3 is 4.74 Å². The van der Waals surface area contributed by atoms with Crippen molar-refractivity contribution in [1.29, 1.82) is 0 Å². The molecule has 1 aliphatic heterocycles. The highest BCUT2D eigenvalue weighted by molar-refractivity contribution is 6.27. The van der Waals surface area contributed by atoms with Crippen molar-refractivity contribution < 1.29 is 4.74 Å². The van der Waals surface area contributed by atoms with Gasteiger partial charge in [-0.2, -0.15) is 0 Å². The Kier molecular flexibility index (Phi) is 3.45. The van der Waals surface area contributed by atoms with Gasteiger partial charge in [-0.15, -0.1) is 0 Å². The van der Waals surface area contributed by atoms with Crippen LogP contribution in [0.15, 0.2) is 72.3 Å². The monoisotopic (exact) mass is 306 g/mol. The first-order valence-electron chi connectivity index (χ1n) is 7.38. The van der Waals surface area contributed by atoms with E-state index in [2.05, 4.69) is 36.4 Å². The highest BCUT2D eigenvalue weighted by Gasteiger charge is 2.47. The zero-order valence-corrected chi connectivity index (χ0v) is 12.7. The number of rotatable bonds is 1. The molecule has 3 aliphatic rings. The number of fused-ring (bicyclic) bond motifs is 5. The number of allylic oxidation sites excluding steroid dienone is 2. The first kappa shape index (κ1) is 13.6. The summed E-state index contributed by atoms with van der Waals surface area (Å²) in [6, 6.07) is 18.5. The van der Waals surface area contributed by atoms with E-state index >= 15 is 0 Å². The molecule has 2 heteroatoms. The van der Waals surface area contributed by atoms with Crippen LogP contribution in [0.1, 0.15) is 16.7 Å². The third-order valence-corrected chi connectivity index (χ3v) is 4.24. The van der Waals surface area contributed by atoms with Crippen LogP contribution < -0.4 is 0 Å². The van der Waals surface area contributed by atoms with Crippen LogP contribution in [0.4, 0.5) is 0 Å². The molecular formula is C20H15ClO. The smallest absolute Gasteiger partial charge is 0.114 e. The van der Waals surface area contributed by atoms with E-state index in [0.717, 1.165) is 5.56 Å². The van der Waals surface area contributed by atoms with Crippen LogP contribution in [-0.2, 0) is 4.74 Å². The normalized spacial score (nSPS) is 23.0. The molecule has 0 N–H and O–H groups in total. The van der Waals surface area contributed by atoms with Crippen molar-refractivity contribution in [3.63, 3.8) is 0 Å². The maximum absolute atomic E-state index is 5.52. The average Bonchev–Trinajstić information content (AvgIpc) is 3.32. The predicted molar refractivity (Wildman–Crippen MR) is 92.4 cm³/mol. The topological polar surface area (TPSA) is 12.5 Å². The number of benzene rings is 2. The van der Waals surface area contributed by atoms with Gasteiger partial charge >= 0.3 is 0 Å². The second-order valence-corrected chi connectivity index (χ2v) is 5.71. The number of hydrogen-bond acceptors (Lipinski definition) is 1. The molecule has 2 aliphatic carbocycles. The Hall–Kier alpha value is -2.09. The van der Waals surface area contributed by atoms with Crippen LogP contribution in [0.25, 0.3) is 17.2 Å². The maximum atomic E-state index is 5.52. The molecule has 2 atom stereocenters. The van der Waals surface area contributed by atoms with Gasteiger partial charge in [-0.1, -0.05) is 78.4 Å². The lowest BCUT2D eigenvalue weighted by atomic mass is 9.76. The second-order valence-electron chi connectivity index (χ2n) is 5.46. The SMILES string of the molecule is C1=CC2OC2C2=C1c1ccccc12.ClC=Cc1ccccc1. The summed E-state index contributed by atoms with van der Waals surface area (Å²) >= 11 is 5.36. The molecule has 0 spiro atoms. The predicted octanol–water partition coefficient (Wildman–Crippen LogP) is 5.14. The van der Waals surface area contributed by atoms with Gasteiger partial charge in [0.05, 0.1) is 0 Å². The van der Waals surface area contributed by atoms with Crippen molar-refractivity contribution in [3.8, 4) is 0 Å². The van der Waals surface area contributed by atoms with E-state index in [9.17, 15) is 0 Å². The van der Waals surface area contributed by atoms with Gasteiger partial charge in [0.1, 0.15) is 12.2 Å². The van der Waals surface area contributed by atoms with E-state index in [-0.39, 0.29) is 0 Å². The summed E-state index contributed by atoms with van der Waals surface area (Å²) in [5, 5.41) is 0. The molecule has 2 aromatic carbocycles. The summed E-state index contributed by atoms with van der Waals surface area (Å²) in [7, 11) is 0. The third-order valence-electron chi connectivity index (χ3n) is 4.12. The first-order chi connectivity index (χ1) is 10.9. The molecule has 1 saturated heterocycles. The van der Waals surface area contributed by atoms with E-state index in [1.54, 1.807) is 0 Å². The zero-order chi connectivity index (χ0) is 14.9. The van der Waals surface area contributed by atoms with Crippen LogP contribution >= 0.6 is 11.6 Å². The summed E-state index contributed by atoms with van der Waals surface area (Å²) in [5.74, 6) is 0. The molecule has 2 aromatic rings. The summed E-state index contributed by atoms with van der Waals surface area (Å²) < 4.78 is 5.52. The molecule has 0 aromatic heterocycles. The molecule has 0 radical (unpaired) electrons. The molecule has 0 saturated carbocycles. The highest BCUT2D eigenvalue weighted by Crippen LogP contribution is 2.52. The largest absolute Gasteiger partial charge is 0.360 e. The minimum absolute atomic E-state index is 0.382. The third kappa shape index (κ3) is 2.33. The van der Waals surface area contributed by atoms with Gasteiger partial charge in [-0.05, 0) is 33.9 Å². The van der Waals surface area contributed by atoms with E-state index < -0.39 is 0 Å². The fourth-order valence-electron chi connectivity index (χ4n) is 3.00. The molecule has 1 fully saturated rings. The lowest BCUT2D eigenvalue weighted by Gasteiger charge is -2.26. The Morgan fingerprint density at radius 2 is 1.64 bits per heavy atom. The fourth-order valence-corrected chi connectivity index (χ4v) is 3.14. The molecular weight excluding hydrogens is 292 g/mol. The van der Waals surface area contributed by atoms with Crippen molar-refractivity contribution in [3.05, 3.63) is 89.0 Å². The fraction of sp³-hybridized carbons (Fsp3) is 0.100. The number of hydrogen-bond donors (Lipinski definition) is 0. The lowest BCUT2D eigenvalue weighted by molar-refractivity contribution is 0.418. The van der Waals surface area contributed by atoms with Gasteiger partial charge in [0.15, 0.2) is 0 Å². The zero-order valence-electron chi connectivity index (χ0n) is 11.9. The average molecular weight is 307 g/mol. The summed E-state index contributed by atoms with van der Waals surface area (Å²) in [4.78, 5) is 0. The number of epoxide rings is 1. The van der Waals surface area contributed by atoms with Crippen LogP contribution in [0.2, 0.25) is 0 Å². The van der Waals surface area contributed by atoms with Gasteiger partial charge in [-0.25, -0.2) is 0 Å². The Morgan fingerprint density at radius 1 is 0.909 bits per heavy atom. The molecule has 1 heterocycles. The van der Waals surface area contributed by atoms with E-state index in [0.29, 0.717) is 12.2 Å². The number of ether oxygens (including phenoxy) is 1. The molecule has 0 bridgehead atoms. The Balaban J connectivity index is 0.000000124. The minimum Gasteiger partial charge on any atom is -0.360 e. The first-order valence-corrected chi connectivity index (χ1v) is 7.81. The molecule has 22 heavy (non-hydrogen) atoms. The quantitative estimate of drug-likeness (QED) is 0.664. The van der Waals surface area contributed by atoms with Crippen LogP contribution in [0, 0.1) is 0 Å². The van der Waals surface area contributed by atoms with Gasteiger partial charge in [0, 0.05) is 5.54 Å². The van der Waals surface area contributed by atoms with Crippen molar-refractivity contribution in [1.82, 2.24) is 0 Å². The molecule has 1 nitrogen and oxygen atoms in total. The van der Waals surface area contributed by atoms with Crippen LogP contribution in [0.5, 0.6) is 0 Å². The van der Waals surface area contributed by atoms with Crippen LogP contribution in [-0.4, -0.2) is 12.2 Å². The van der Waals surface area contributed by atoms with Crippen molar-refractivity contribution in [2.75, 3.05) is 0 Å². The lowest BCUT2D eigenvalue weighted by Crippen LogP contribution is -2.13. The van der Waals surface area contributed by atoms with Gasteiger partial charge in [-0.3, -0.25) is 0 Å². The maximum Gasteiger partial charge on any atom is 0.114 e. The highest BCUT2D eigenvalue weighted by atomic mass is 35.5. The molecule has 108 valence electrons. The summed E-state index contributed by atoms with van der Waals surface area (Å²) in [6.45, 7) is 0. The van der Waals surface area contributed by atoms with E-state index in [4.69, 9.17) is 16.3 Å².